The van der Waals surface area contributed by atoms with Crippen molar-refractivity contribution in [3.8, 4) is 0 Å². The first-order valence-electron chi connectivity index (χ1n) is 7.19. The summed E-state index contributed by atoms with van der Waals surface area (Å²) < 4.78 is 17.3. The Morgan fingerprint density at radius 2 is 1.72 bits per heavy atom. The van der Waals surface area contributed by atoms with Gasteiger partial charge in [0.25, 0.3) is 0 Å². The Balaban J connectivity index is 1.77. The van der Waals surface area contributed by atoms with Crippen LogP contribution in [0.5, 0.6) is 0 Å². The van der Waals surface area contributed by atoms with Crippen molar-refractivity contribution in [3.63, 3.8) is 0 Å². The van der Waals surface area contributed by atoms with Crippen LogP contribution in [0.1, 0.15) is 51.4 Å². The number of ether oxygens (including phenoxy) is 3. The minimum atomic E-state index is -0.667. The minimum Gasteiger partial charge on any atom is -0.469 e. The van der Waals surface area contributed by atoms with Gasteiger partial charge in [-0.05, 0) is 25.7 Å². The summed E-state index contributed by atoms with van der Waals surface area (Å²) >= 11 is 0. The van der Waals surface area contributed by atoms with Crippen LogP contribution in [0.2, 0.25) is 0 Å². The van der Waals surface area contributed by atoms with Gasteiger partial charge in [-0.15, -0.1) is 0 Å². The van der Waals surface area contributed by atoms with E-state index in [9.17, 15) is 4.79 Å². The maximum Gasteiger partial charge on any atom is 0.314 e. The molecule has 0 aromatic carbocycles. The molecule has 2 aliphatic carbocycles. The van der Waals surface area contributed by atoms with Gasteiger partial charge in [-0.3, -0.25) is 4.79 Å². The van der Waals surface area contributed by atoms with Crippen LogP contribution in [0.4, 0.5) is 0 Å². The third-order valence-corrected chi connectivity index (χ3v) is 4.63. The van der Waals surface area contributed by atoms with Gasteiger partial charge in [0.05, 0.1) is 19.3 Å². The molecule has 1 unspecified atom stereocenters. The van der Waals surface area contributed by atoms with Crippen LogP contribution in [-0.4, -0.2) is 31.1 Å². The Morgan fingerprint density at radius 1 is 1.06 bits per heavy atom. The highest BCUT2D eigenvalue weighted by Crippen LogP contribution is 2.48. The van der Waals surface area contributed by atoms with Gasteiger partial charge in [-0.25, -0.2) is 0 Å². The summed E-state index contributed by atoms with van der Waals surface area (Å²) in [6.07, 6.45) is 8.86. The zero-order valence-corrected chi connectivity index (χ0v) is 11.0. The average molecular weight is 254 g/mol. The van der Waals surface area contributed by atoms with Crippen molar-refractivity contribution in [2.45, 2.75) is 69.4 Å². The standard InChI is InChI=1S/C14H22O4/c1-16-13(15)10-6-5-9-14(10)17-11-7-3-2-4-8-12(11)18-14/h10-12H,2-9H2,1H3/t10?,11-,12-/m0/s1. The molecule has 0 aromatic heterocycles. The molecule has 4 nitrogen and oxygen atoms in total. The molecule has 0 aromatic rings. The summed E-state index contributed by atoms with van der Waals surface area (Å²) in [6, 6.07) is 0. The highest BCUT2D eigenvalue weighted by Gasteiger charge is 2.57. The molecule has 1 aliphatic heterocycles. The van der Waals surface area contributed by atoms with E-state index >= 15 is 0 Å². The molecule has 0 N–H and O–H groups in total. The zero-order valence-electron chi connectivity index (χ0n) is 11.0. The van der Waals surface area contributed by atoms with Crippen LogP contribution in [0.3, 0.4) is 0 Å². The van der Waals surface area contributed by atoms with E-state index < -0.39 is 5.79 Å². The lowest BCUT2D eigenvalue weighted by atomic mass is 10.0. The fraction of sp³-hybridized carbons (Fsp3) is 0.929. The second-order valence-electron chi connectivity index (χ2n) is 5.73. The van der Waals surface area contributed by atoms with Crippen LogP contribution in [0.25, 0.3) is 0 Å². The third-order valence-electron chi connectivity index (χ3n) is 4.63. The molecule has 0 bridgehead atoms. The first-order valence-corrected chi connectivity index (χ1v) is 7.19. The summed E-state index contributed by atoms with van der Waals surface area (Å²) in [5, 5.41) is 0. The van der Waals surface area contributed by atoms with Crippen LogP contribution in [0, 0.1) is 5.92 Å². The molecule has 3 aliphatic rings. The number of hydrogen-bond acceptors (Lipinski definition) is 4. The normalized spacial score (nSPS) is 38.4. The van der Waals surface area contributed by atoms with Crippen molar-refractivity contribution in [2.24, 2.45) is 5.92 Å². The minimum absolute atomic E-state index is 0.177. The van der Waals surface area contributed by atoms with E-state index in [1.807, 2.05) is 0 Å². The Hall–Kier alpha value is -0.610. The van der Waals surface area contributed by atoms with Crippen molar-refractivity contribution < 1.29 is 19.0 Å². The quantitative estimate of drug-likeness (QED) is 0.674. The summed E-state index contributed by atoms with van der Waals surface area (Å²) in [6.45, 7) is 0. The van der Waals surface area contributed by atoms with Crippen LogP contribution in [-0.2, 0) is 19.0 Å². The van der Waals surface area contributed by atoms with Crippen molar-refractivity contribution >= 4 is 5.97 Å². The lowest BCUT2D eigenvalue weighted by Crippen LogP contribution is -2.40. The first kappa shape index (κ1) is 12.4. The molecular formula is C14H22O4. The van der Waals surface area contributed by atoms with Crippen LogP contribution >= 0.6 is 0 Å². The molecule has 3 fully saturated rings. The van der Waals surface area contributed by atoms with Crippen molar-refractivity contribution in [2.75, 3.05) is 7.11 Å². The van der Waals surface area contributed by atoms with Crippen LogP contribution < -0.4 is 0 Å². The Labute approximate surface area is 108 Å². The predicted octanol–water partition coefficient (Wildman–Crippen LogP) is 2.40. The van der Waals surface area contributed by atoms with E-state index in [2.05, 4.69) is 0 Å². The average Bonchev–Trinajstić information content (AvgIpc) is 2.87. The Morgan fingerprint density at radius 3 is 2.33 bits per heavy atom. The molecule has 1 heterocycles. The molecule has 4 heteroatoms. The molecular weight excluding hydrogens is 232 g/mol. The topological polar surface area (TPSA) is 44.8 Å². The molecule has 18 heavy (non-hydrogen) atoms. The SMILES string of the molecule is COC(=O)C1CCCC12O[C@H]1CCCCC[C@@H]1O2. The first-order chi connectivity index (χ1) is 8.75. The fourth-order valence-electron chi connectivity index (χ4n) is 3.72. The van der Waals surface area contributed by atoms with Gasteiger partial charge in [0.15, 0.2) is 5.79 Å². The van der Waals surface area contributed by atoms with E-state index in [-0.39, 0.29) is 24.1 Å². The maximum absolute atomic E-state index is 11.9. The number of methoxy groups -OCH3 is 1. The molecule has 0 amide bonds. The van der Waals surface area contributed by atoms with Gasteiger partial charge in [-0.2, -0.15) is 0 Å². The van der Waals surface area contributed by atoms with Crippen molar-refractivity contribution in [1.82, 2.24) is 0 Å². The lowest BCUT2D eigenvalue weighted by Gasteiger charge is -2.28. The summed E-state index contributed by atoms with van der Waals surface area (Å²) in [5.41, 5.74) is 0. The maximum atomic E-state index is 11.9. The number of esters is 1. The van der Waals surface area contributed by atoms with Crippen molar-refractivity contribution in [3.05, 3.63) is 0 Å². The number of carbonyl (C=O) groups excluding carboxylic acids is 1. The fourth-order valence-corrected chi connectivity index (χ4v) is 3.72. The number of fused-ring (bicyclic) bond motifs is 1. The Bertz CT molecular complexity index is 314. The Kier molecular flexibility index (Phi) is 3.32. The van der Waals surface area contributed by atoms with Gasteiger partial charge in [0, 0.05) is 6.42 Å². The molecule has 3 atom stereocenters. The van der Waals surface area contributed by atoms with Gasteiger partial charge in [0.1, 0.15) is 5.92 Å². The smallest absolute Gasteiger partial charge is 0.314 e. The molecule has 1 spiro atoms. The van der Waals surface area contributed by atoms with Gasteiger partial charge < -0.3 is 14.2 Å². The van der Waals surface area contributed by atoms with E-state index in [1.54, 1.807) is 0 Å². The van der Waals surface area contributed by atoms with Gasteiger partial charge in [-0.1, -0.05) is 19.3 Å². The van der Waals surface area contributed by atoms with Gasteiger partial charge >= 0.3 is 5.97 Å². The van der Waals surface area contributed by atoms with Crippen molar-refractivity contribution in [1.29, 1.82) is 0 Å². The number of rotatable bonds is 1. The summed E-state index contributed by atoms with van der Waals surface area (Å²) in [4.78, 5) is 11.9. The van der Waals surface area contributed by atoms with E-state index in [1.165, 1.54) is 26.4 Å². The number of hydrogen-bond donors (Lipinski definition) is 0. The van der Waals surface area contributed by atoms with E-state index in [0.717, 1.165) is 32.1 Å². The molecule has 2 saturated carbocycles. The van der Waals surface area contributed by atoms with E-state index in [0.29, 0.717) is 0 Å². The van der Waals surface area contributed by atoms with E-state index in [4.69, 9.17) is 14.2 Å². The largest absolute Gasteiger partial charge is 0.469 e. The second-order valence-corrected chi connectivity index (χ2v) is 5.73. The zero-order chi connectivity index (χ0) is 12.6. The summed E-state index contributed by atoms with van der Waals surface area (Å²) in [7, 11) is 1.45. The molecule has 0 radical (unpaired) electrons. The molecule has 102 valence electrons. The monoisotopic (exact) mass is 254 g/mol. The molecule has 3 rings (SSSR count). The second kappa shape index (κ2) is 4.82. The van der Waals surface area contributed by atoms with Gasteiger partial charge in [0.2, 0.25) is 0 Å². The predicted molar refractivity (Wildman–Crippen MR) is 64.9 cm³/mol. The third kappa shape index (κ3) is 1.95. The molecule has 1 saturated heterocycles. The highest BCUT2D eigenvalue weighted by atomic mass is 16.8. The summed E-state index contributed by atoms with van der Waals surface area (Å²) in [5.74, 6) is -1.07. The lowest BCUT2D eigenvalue weighted by molar-refractivity contribution is -0.210. The number of carbonyl (C=O) groups is 1. The van der Waals surface area contributed by atoms with Crippen LogP contribution in [0.15, 0.2) is 0 Å². The highest BCUT2D eigenvalue weighted by molar-refractivity contribution is 5.74.